The van der Waals surface area contributed by atoms with E-state index in [9.17, 15) is 0 Å². The molecule has 0 saturated carbocycles. The SMILES string of the molecule is c1ccc(-c2ccc3oc4cccc(-c5ccccc5C5N=C(c6cccc7oc8ccccc8c67)NC(c6ccc7c(ccc8ccccc87)c6)N5)c4c3c2)cc1. The van der Waals surface area contributed by atoms with Crippen molar-refractivity contribution in [1.29, 1.82) is 0 Å². The van der Waals surface area contributed by atoms with Crippen LogP contribution in [0.3, 0.4) is 0 Å². The zero-order chi connectivity index (χ0) is 38.2. The van der Waals surface area contributed by atoms with Gasteiger partial charge in [-0.3, -0.25) is 5.32 Å². The minimum Gasteiger partial charge on any atom is -0.456 e. The summed E-state index contributed by atoms with van der Waals surface area (Å²) >= 11 is 0. The first kappa shape index (κ1) is 32.7. The molecule has 58 heavy (non-hydrogen) atoms. The molecular formula is C53H35N3O2. The normalized spacial score (nSPS) is 15.8. The molecule has 2 aromatic heterocycles. The molecule has 2 atom stereocenters. The Morgan fingerprint density at radius 1 is 0.414 bits per heavy atom. The lowest BCUT2D eigenvalue weighted by molar-refractivity contribution is 0.410. The Kier molecular flexibility index (Phi) is 7.37. The van der Waals surface area contributed by atoms with Crippen LogP contribution in [0.15, 0.2) is 202 Å². The molecule has 2 unspecified atom stereocenters. The van der Waals surface area contributed by atoms with Crippen LogP contribution in [0.5, 0.6) is 0 Å². The molecule has 5 heteroatoms. The molecule has 1 aliphatic rings. The van der Waals surface area contributed by atoms with E-state index in [2.05, 4.69) is 180 Å². The van der Waals surface area contributed by atoms with Gasteiger partial charge in [0, 0.05) is 27.1 Å². The Balaban J connectivity index is 1.04. The average Bonchev–Trinajstić information content (AvgIpc) is 3.87. The molecule has 11 aromatic rings. The standard InChI is InChI=1S/C53H35N3O2/c1-2-12-32(13-3-1)34-27-29-46-44(31-34)49-40(19-10-22-47(49)58-46)39-16-6-7-17-41(39)52-54-51(36-26-28-38-35(30-36)25-24-33-14-4-5-15-37(33)38)55-53(56-52)43-20-11-23-48-50(43)42-18-8-9-21-45(42)57-48/h1-31,51-52,54H,(H,55,56). The van der Waals surface area contributed by atoms with Crippen molar-refractivity contribution in [3.8, 4) is 22.3 Å². The molecule has 9 aromatic carbocycles. The number of amidine groups is 1. The molecule has 274 valence electrons. The number of nitrogens with one attached hydrogen (secondary N) is 2. The third-order valence-electron chi connectivity index (χ3n) is 11.8. The number of fused-ring (bicyclic) bond motifs is 9. The Labute approximate surface area is 333 Å². The van der Waals surface area contributed by atoms with Crippen LogP contribution >= 0.6 is 0 Å². The second kappa shape index (κ2) is 13.1. The maximum atomic E-state index is 6.51. The van der Waals surface area contributed by atoms with Crippen LogP contribution in [-0.2, 0) is 0 Å². The van der Waals surface area contributed by atoms with E-state index in [0.717, 1.165) is 83.1 Å². The summed E-state index contributed by atoms with van der Waals surface area (Å²) in [7, 11) is 0. The van der Waals surface area contributed by atoms with Gasteiger partial charge in [-0.1, -0.05) is 152 Å². The van der Waals surface area contributed by atoms with Crippen LogP contribution in [0.2, 0.25) is 0 Å². The highest BCUT2D eigenvalue weighted by molar-refractivity contribution is 6.18. The number of benzene rings is 9. The lowest BCUT2D eigenvalue weighted by Crippen LogP contribution is -2.45. The van der Waals surface area contributed by atoms with E-state index in [-0.39, 0.29) is 6.17 Å². The van der Waals surface area contributed by atoms with Gasteiger partial charge in [0.15, 0.2) is 0 Å². The van der Waals surface area contributed by atoms with E-state index >= 15 is 0 Å². The van der Waals surface area contributed by atoms with Crippen molar-refractivity contribution >= 4 is 71.3 Å². The Bertz CT molecular complexity index is 3430. The zero-order valence-electron chi connectivity index (χ0n) is 31.3. The number of rotatable bonds is 5. The molecule has 0 amide bonds. The first-order valence-corrected chi connectivity index (χ1v) is 19.8. The fraction of sp³-hybridized carbons (Fsp3) is 0.0377. The van der Waals surface area contributed by atoms with Crippen LogP contribution in [0.1, 0.15) is 29.0 Å². The van der Waals surface area contributed by atoms with Crippen molar-refractivity contribution in [2.24, 2.45) is 4.99 Å². The highest BCUT2D eigenvalue weighted by Gasteiger charge is 2.29. The van der Waals surface area contributed by atoms with Crippen molar-refractivity contribution in [1.82, 2.24) is 10.6 Å². The van der Waals surface area contributed by atoms with Crippen molar-refractivity contribution in [3.05, 3.63) is 205 Å². The summed E-state index contributed by atoms with van der Waals surface area (Å²) in [6.07, 6.45) is -0.653. The maximum absolute atomic E-state index is 6.51. The summed E-state index contributed by atoms with van der Waals surface area (Å²) in [6.45, 7) is 0. The summed E-state index contributed by atoms with van der Waals surface area (Å²) < 4.78 is 12.9. The van der Waals surface area contributed by atoms with Gasteiger partial charge in [-0.15, -0.1) is 0 Å². The quantitative estimate of drug-likeness (QED) is 0.172. The monoisotopic (exact) mass is 745 g/mol. The summed E-state index contributed by atoms with van der Waals surface area (Å²) in [6, 6.07) is 66.3. The molecule has 0 radical (unpaired) electrons. The van der Waals surface area contributed by atoms with Gasteiger partial charge in [-0.25, -0.2) is 4.99 Å². The van der Waals surface area contributed by atoms with Gasteiger partial charge in [0.1, 0.15) is 40.5 Å². The molecule has 0 saturated heterocycles. The number of hydrogen-bond acceptors (Lipinski definition) is 5. The van der Waals surface area contributed by atoms with E-state index in [1.165, 1.54) is 27.1 Å². The van der Waals surface area contributed by atoms with Gasteiger partial charge >= 0.3 is 0 Å². The predicted molar refractivity (Wildman–Crippen MR) is 238 cm³/mol. The molecule has 0 spiro atoms. The average molecular weight is 746 g/mol. The molecule has 2 N–H and O–H groups in total. The molecule has 0 bridgehead atoms. The first-order valence-electron chi connectivity index (χ1n) is 19.8. The van der Waals surface area contributed by atoms with Crippen LogP contribution in [-0.4, -0.2) is 5.84 Å². The number of aliphatic imine (C=N–C) groups is 1. The summed E-state index contributed by atoms with van der Waals surface area (Å²) in [5, 5.41) is 17.0. The van der Waals surface area contributed by atoms with Crippen molar-refractivity contribution < 1.29 is 8.83 Å². The summed E-state index contributed by atoms with van der Waals surface area (Å²) in [5.41, 5.74) is 11.1. The van der Waals surface area contributed by atoms with Crippen molar-refractivity contribution in [2.75, 3.05) is 0 Å². The van der Waals surface area contributed by atoms with Crippen molar-refractivity contribution in [2.45, 2.75) is 12.3 Å². The maximum Gasteiger partial charge on any atom is 0.136 e. The molecular weight excluding hydrogens is 711 g/mol. The Hall–Kier alpha value is -7.47. The highest BCUT2D eigenvalue weighted by atomic mass is 16.3. The first-order chi connectivity index (χ1) is 28.7. The molecule has 0 fully saturated rings. The predicted octanol–water partition coefficient (Wildman–Crippen LogP) is 13.5. The van der Waals surface area contributed by atoms with E-state index in [1.807, 2.05) is 18.2 Å². The number of para-hydroxylation sites is 1. The number of furan rings is 2. The van der Waals surface area contributed by atoms with Gasteiger partial charge in [0.2, 0.25) is 0 Å². The van der Waals surface area contributed by atoms with E-state index < -0.39 is 6.17 Å². The summed E-state index contributed by atoms with van der Waals surface area (Å²) in [5.74, 6) is 0.804. The van der Waals surface area contributed by atoms with Gasteiger partial charge < -0.3 is 14.2 Å². The van der Waals surface area contributed by atoms with E-state index in [0.29, 0.717) is 0 Å². The lowest BCUT2D eigenvalue weighted by Gasteiger charge is -2.33. The fourth-order valence-corrected chi connectivity index (χ4v) is 9.05. The largest absolute Gasteiger partial charge is 0.456 e. The molecule has 12 rings (SSSR count). The second-order valence-corrected chi connectivity index (χ2v) is 15.1. The van der Waals surface area contributed by atoms with Crippen LogP contribution in [0.4, 0.5) is 0 Å². The molecule has 5 nitrogen and oxygen atoms in total. The molecule has 0 aliphatic carbocycles. The minimum atomic E-state index is -0.397. The number of nitrogens with zero attached hydrogens (tertiary/aromatic N) is 1. The summed E-state index contributed by atoms with van der Waals surface area (Å²) in [4.78, 5) is 5.54. The third-order valence-corrected chi connectivity index (χ3v) is 11.8. The van der Waals surface area contributed by atoms with E-state index in [1.54, 1.807) is 0 Å². The Morgan fingerprint density at radius 3 is 1.95 bits per heavy atom. The minimum absolute atomic E-state index is 0.256. The van der Waals surface area contributed by atoms with Gasteiger partial charge in [0.25, 0.3) is 0 Å². The van der Waals surface area contributed by atoms with Crippen molar-refractivity contribution in [3.63, 3.8) is 0 Å². The van der Waals surface area contributed by atoms with Crippen LogP contribution < -0.4 is 10.6 Å². The second-order valence-electron chi connectivity index (χ2n) is 15.1. The van der Waals surface area contributed by atoms with Gasteiger partial charge in [0.05, 0.1) is 0 Å². The smallest absolute Gasteiger partial charge is 0.136 e. The van der Waals surface area contributed by atoms with E-state index in [4.69, 9.17) is 13.8 Å². The topological polar surface area (TPSA) is 62.7 Å². The fourth-order valence-electron chi connectivity index (χ4n) is 9.05. The van der Waals surface area contributed by atoms with Crippen LogP contribution in [0, 0.1) is 0 Å². The molecule has 1 aliphatic heterocycles. The zero-order valence-corrected chi connectivity index (χ0v) is 31.3. The van der Waals surface area contributed by atoms with Gasteiger partial charge in [-0.05, 0) is 91.3 Å². The highest BCUT2D eigenvalue weighted by Crippen LogP contribution is 2.42. The third kappa shape index (κ3) is 5.25. The number of hydrogen-bond donors (Lipinski definition) is 2. The lowest BCUT2D eigenvalue weighted by atomic mass is 9.92. The Morgan fingerprint density at radius 2 is 1.07 bits per heavy atom. The van der Waals surface area contributed by atoms with Crippen LogP contribution in [0.25, 0.3) is 87.7 Å². The van der Waals surface area contributed by atoms with Gasteiger partial charge in [-0.2, -0.15) is 0 Å². The molecule has 3 heterocycles.